The smallest absolute Gasteiger partial charge is 0.0346 e. The molecule has 2 aromatic carbocycles. The lowest BCUT2D eigenvalue weighted by molar-refractivity contribution is 0.824. The van der Waals surface area contributed by atoms with Crippen molar-refractivity contribution in [3.63, 3.8) is 0 Å². The molecule has 0 saturated heterocycles. The van der Waals surface area contributed by atoms with Crippen LogP contribution in [-0.2, 0) is 0 Å². The lowest BCUT2D eigenvalue weighted by Crippen LogP contribution is -1.84. The molecule has 168 valence electrons. The molecule has 0 aliphatic heterocycles. The number of anilines is 2. The monoisotopic (exact) mass is 502 g/mol. The van der Waals surface area contributed by atoms with Crippen molar-refractivity contribution in [1.29, 1.82) is 0 Å². The fraction of sp³-hybridized carbons (Fsp3) is 0. The summed E-state index contributed by atoms with van der Waals surface area (Å²) in [5.74, 6) is 0. The molecular weight excluding hydrogens is 478 g/mol. The fourth-order valence-electron chi connectivity index (χ4n) is 2.42. The highest BCUT2D eigenvalue weighted by molar-refractivity contribution is 5.86. The van der Waals surface area contributed by atoms with E-state index >= 15 is 0 Å². The van der Waals surface area contributed by atoms with Crippen molar-refractivity contribution in [1.82, 2.24) is 9.97 Å². The Labute approximate surface area is 207 Å². The summed E-state index contributed by atoms with van der Waals surface area (Å²) < 4.78 is 0. The summed E-state index contributed by atoms with van der Waals surface area (Å²) in [6.07, 6.45) is 7.21. The molecule has 0 spiro atoms. The number of nitrogens with zero attached hydrogens (tertiary/aromatic N) is 2. The Hall–Kier alpha value is -2.54. The molecule has 31 heavy (non-hydrogen) atoms. The van der Waals surface area contributed by atoms with Crippen molar-refractivity contribution in [2.45, 2.75) is 0 Å². The van der Waals surface area contributed by atoms with Gasteiger partial charge in [0.15, 0.2) is 0 Å². The van der Waals surface area contributed by atoms with E-state index in [2.05, 4.69) is 9.97 Å². The average Bonchev–Trinajstić information content (AvgIpc) is 2.71. The molecule has 0 radical (unpaired) electrons. The second kappa shape index (κ2) is 17.2. The molecule has 4 rings (SSSR count). The molecule has 0 fully saturated rings. The van der Waals surface area contributed by atoms with E-state index in [1.165, 1.54) is 0 Å². The number of benzene rings is 2. The van der Waals surface area contributed by atoms with Crippen LogP contribution in [-0.4, -0.2) is 15.4 Å². The second-order valence-corrected chi connectivity index (χ2v) is 5.73. The molecule has 4 aromatic rings. The molecule has 0 saturated carbocycles. The minimum atomic E-state index is 0. The van der Waals surface area contributed by atoms with Gasteiger partial charge in [0.2, 0.25) is 0 Å². The average molecular weight is 504 g/mol. The van der Waals surface area contributed by atoms with Crippen LogP contribution < -0.4 is 11.5 Å². The van der Waals surface area contributed by atoms with E-state index in [1.54, 1.807) is 12.4 Å². The number of nitrogens with two attached hydrogens (primary N) is 2. The van der Waals surface area contributed by atoms with E-state index < -0.39 is 0 Å². The zero-order chi connectivity index (χ0) is 18.2. The molecule has 9 heteroatoms. The molecule has 0 amide bonds. The Morgan fingerprint density at radius 1 is 0.452 bits per heavy atom. The maximum atomic E-state index is 5.59. The molecule has 0 aliphatic rings. The van der Waals surface area contributed by atoms with Crippen LogP contribution in [0.5, 0.6) is 0 Å². The third-order valence-corrected chi connectivity index (χ3v) is 3.81. The third kappa shape index (κ3) is 10.4. The van der Waals surface area contributed by atoms with Crippen LogP contribution in [0.25, 0.3) is 22.3 Å². The van der Waals surface area contributed by atoms with Gasteiger partial charge in [-0.1, -0.05) is 36.4 Å². The zero-order valence-electron chi connectivity index (χ0n) is 16.4. The largest absolute Gasteiger partial charge is 0.412 e. The van der Waals surface area contributed by atoms with Gasteiger partial charge in [-0.3, -0.25) is 9.97 Å². The Kier molecular flexibility index (Phi) is 18.3. The summed E-state index contributed by atoms with van der Waals surface area (Å²) >= 11 is 0. The quantitative estimate of drug-likeness (QED) is 0.350. The van der Waals surface area contributed by atoms with Crippen LogP contribution in [0.15, 0.2) is 97.6 Å². The van der Waals surface area contributed by atoms with Crippen LogP contribution in [0.2, 0.25) is 0 Å². The lowest BCUT2D eigenvalue weighted by atomic mass is 10.1. The highest BCUT2D eigenvalue weighted by Gasteiger charge is 1.95. The van der Waals surface area contributed by atoms with Crippen molar-refractivity contribution in [2.24, 2.45) is 0 Å². The number of hydrogen-bond donors (Lipinski definition) is 2. The highest BCUT2D eigenvalue weighted by atomic mass is 35.5. The Bertz CT molecular complexity index is 862. The SMILES string of the molecule is Cl.Cl.Cl.Cl.Nc1ccc(-c2cccnc2)cc1.Nc1ccc(-c2cccnc2)cc1.O. The van der Waals surface area contributed by atoms with E-state index in [1.807, 2.05) is 85.2 Å². The summed E-state index contributed by atoms with van der Waals surface area (Å²) in [7, 11) is 0. The van der Waals surface area contributed by atoms with E-state index in [9.17, 15) is 0 Å². The van der Waals surface area contributed by atoms with Crippen molar-refractivity contribution in [3.05, 3.63) is 97.6 Å². The maximum Gasteiger partial charge on any atom is 0.0346 e. The Morgan fingerprint density at radius 2 is 0.774 bits per heavy atom. The van der Waals surface area contributed by atoms with Crippen LogP contribution in [0, 0.1) is 0 Å². The van der Waals surface area contributed by atoms with E-state index in [0.29, 0.717) is 0 Å². The van der Waals surface area contributed by atoms with Gasteiger partial charge in [0.1, 0.15) is 0 Å². The summed E-state index contributed by atoms with van der Waals surface area (Å²) in [4.78, 5) is 8.10. The predicted octanol–water partition coefficient (Wildman–Crippen LogP) is 5.52. The molecule has 0 aliphatic carbocycles. The number of halogens is 4. The first-order valence-corrected chi connectivity index (χ1v) is 8.24. The Morgan fingerprint density at radius 3 is 1.03 bits per heavy atom. The van der Waals surface area contributed by atoms with Crippen molar-refractivity contribution >= 4 is 61.0 Å². The predicted molar refractivity (Wildman–Crippen MR) is 141 cm³/mol. The molecular formula is C22H26Cl4N4O. The molecule has 2 heterocycles. The van der Waals surface area contributed by atoms with Gasteiger partial charge in [0, 0.05) is 36.2 Å². The number of nitrogen functional groups attached to an aromatic ring is 2. The van der Waals surface area contributed by atoms with Gasteiger partial charge in [-0.15, -0.1) is 49.6 Å². The molecule has 6 N–H and O–H groups in total. The summed E-state index contributed by atoms with van der Waals surface area (Å²) in [5, 5.41) is 0. The third-order valence-electron chi connectivity index (χ3n) is 3.81. The van der Waals surface area contributed by atoms with Crippen LogP contribution in [0.1, 0.15) is 0 Å². The number of pyridine rings is 2. The van der Waals surface area contributed by atoms with Gasteiger partial charge < -0.3 is 16.9 Å². The van der Waals surface area contributed by atoms with Gasteiger partial charge in [-0.25, -0.2) is 0 Å². The lowest BCUT2D eigenvalue weighted by Gasteiger charge is -2.00. The van der Waals surface area contributed by atoms with Gasteiger partial charge in [0.25, 0.3) is 0 Å². The minimum Gasteiger partial charge on any atom is -0.412 e. The Balaban J connectivity index is -0.000000436. The molecule has 0 bridgehead atoms. The maximum absolute atomic E-state index is 5.59. The normalized spacial score (nSPS) is 8.26. The summed E-state index contributed by atoms with van der Waals surface area (Å²) in [6, 6.07) is 23.4. The topological polar surface area (TPSA) is 109 Å². The molecule has 0 atom stereocenters. The number of hydrogen-bond acceptors (Lipinski definition) is 4. The van der Waals surface area contributed by atoms with Crippen LogP contribution in [0.3, 0.4) is 0 Å². The fourth-order valence-corrected chi connectivity index (χ4v) is 2.42. The highest BCUT2D eigenvalue weighted by Crippen LogP contribution is 2.19. The first-order chi connectivity index (χ1) is 12.7. The van der Waals surface area contributed by atoms with Crippen LogP contribution >= 0.6 is 49.6 Å². The molecule has 5 nitrogen and oxygen atoms in total. The number of rotatable bonds is 2. The summed E-state index contributed by atoms with van der Waals surface area (Å²) in [6.45, 7) is 0. The van der Waals surface area contributed by atoms with Crippen LogP contribution in [0.4, 0.5) is 11.4 Å². The van der Waals surface area contributed by atoms with Gasteiger partial charge in [-0.05, 0) is 58.7 Å². The van der Waals surface area contributed by atoms with Gasteiger partial charge in [-0.2, -0.15) is 0 Å². The van der Waals surface area contributed by atoms with Crippen molar-refractivity contribution in [2.75, 3.05) is 11.5 Å². The molecule has 2 aromatic heterocycles. The minimum absolute atomic E-state index is 0. The van der Waals surface area contributed by atoms with Gasteiger partial charge >= 0.3 is 0 Å². The first-order valence-electron chi connectivity index (χ1n) is 8.24. The first kappa shape index (κ1) is 33.1. The van der Waals surface area contributed by atoms with E-state index in [0.717, 1.165) is 33.6 Å². The van der Waals surface area contributed by atoms with E-state index in [4.69, 9.17) is 11.5 Å². The van der Waals surface area contributed by atoms with Crippen molar-refractivity contribution < 1.29 is 5.48 Å². The van der Waals surface area contributed by atoms with Gasteiger partial charge in [0.05, 0.1) is 0 Å². The second-order valence-electron chi connectivity index (χ2n) is 5.73. The standard InChI is InChI=1S/2C11H10N2.4ClH.H2O/c2*12-11-5-3-9(4-6-11)10-2-1-7-13-8-10;;;;;/h2*1-8H,12H2;4*1H;1H2. The molecule has 0 unspecified atom stereocenters. The zero-order valence-corrected chi connectivity index (χ0v) is 19.7. The number of aromatic nitrogens is 2. The summed E-state index contributed by atoms with van der Waals surface area (Å²) in [5.41, 5.74) is 17.3. The van der Waals surface area contributed by atoms with E-state index in [-0.39, 0.29) is 55.1 Å². The van der Waals surface area contributed by atoms with Crippen molar-refractivity contribution in [3.8, 4) is 22.3 Å².